The molecule has 0 amide bonds. The molecule has 0 aromatic heterocycles. The van der Waals surface area contributed by atoms with Crippen LogP contribution in [-0.2, 0) is 11.4 Å². The van der Waals surface area contributed by atoms with Crippen molar-refractivity contribution in [3.63, 3.8) is 0 Å². The van der Waals surface area contributed by atoms with Gasteiger partial charge in [-0.05, 0) is 36.0 Å². The molecule has 3 nitrogen and oxygen atoms in total. The van der Waals surface area contributed by atoms with Crippen LogP contribution in [0.5, 0.6) is 5.75 Å². The van der Waals surface area contributed by atoms with Crippen LogP contribution in [0.3, 0.4) is 0 Å². The van der Waals surface area contributed by atoms with Crippen molar-refractivity contribution in [2.75, 3.05) is 7.11 Å². The second-order valence-corrected chi connectivity index (χ2v) is 5.50. The highest BCUT2D eigenvalue weighted by atomic mass is 16.6. The zero-order valence-electron chi connectivity index (χ0n) is 12.3. The van der Waals surface area contributed by atoms with Crippen molar-refractivity contribution in [2.45, 2.75) is 31.4 Å². The Morgan fingerprint density at radius 3 is 2.48 bits per heavy atom. The maximum absolute atomic E-state index is 5.58. The van der Waals surface area contributed by atoms with Gasteiger partial charge >= 0.3 is 0 Å². The zero-order chi connectivity index (χ0) is 14.5. The van der Waals surface area contributed by atoms with Crippen LogP contribution in [0.2, 0.25) is 0 Å². The van der Waals surface area contributed by atoms with Gasteiger partial charge in [-0.25, -0.2) is 0 Å². The molecule has 0 aliphatic heterocycles. The van der Waals surface area contributed by atoms with Gasteiger partial charge in [0.05, 0.1) is 13.7 Å². The highest BCUT2D eigenvalue weighted by Crippen LogP contribution is 2.40. The Morgan fingerprint density at radius 2 is 1.71 bits per heavy atom. The highest BCUT2D eigenvalue weighted by Gasteiger charge is 2.32. The molecule has 0 atom stereocenters. The summed E-state index contributed by atoms with van der Waals surface area (Å²) in [7, 11) is 1.73. The van der Waals surface area contributed by atoms with Gasteiger partial charge in [-0.2, -0.15) is 5.48 Å². The van der Waals surface area contributed by atoms with Gasteiger partial charge in [0.25, 0.3) is 0 Å². The number of hydrogen-bond donors (Lipinski definition) is 1. The van der Waals surface area contributed by atoms with Gasteiger partial charge in [0.1, 0.15) is 5.75 Å². The summed E-state index contributed by atoms with van der Waals surface area (Å²) in [6.07, 6.45) is 2.18. The molecule has 21 heavy (non-hydrogen) atoms. The third kappa shape index (κ3) is 3.43. The van der Waals surface area contributed by atoms with Crippen LogP contribution in [0, 0.1) is 0 Å². The van der Waals surface area contributed by atoms with E-state index >= 15 is 0 Å². The average molecular weight is 283 g/mol. The van der Waals surface area contributed by atoms with Gasteiger partial charge < -0.3 is 4.74 Å². The highest BCUT2D eigenvalue weighted by molar-refractivity contribution is 5.37. The van der Waals surface area contributed by atoms with Crippen molar-refractivity contribution in [3.05, 3.63) is 65.7 Å². The molecule has 0 heterocycles. The summed E-state index contributed by atoms with van der Waals surface area (Å²) in [6, 6.07) is 18.9. The third-order valence-electron chi connectivity index (χ3n) is 4.05. The predicted octanol–water partition coefficient (Wildman–Crippen LogP) is 3.66. The van der Waals surface area contributed by atoms with Crippen molar-refractivity contribution in [1.29, 1.82) is 0 Å². The molecule has 110 valence electrons. The Kier molecular flexibility index (Phi) is 4.53. The maximum atomic E-state index is 5.58. The molecular formula is C18H21NO2. The first-order valence-electron chi connectivity index (χ1n) is 7.41. The molecule has 1 N–H and O–H groups in total. The molecule has 2 aromatic rings. The predicted molar refractivity (Wildman–Crippen MR) is 83.1 cm³/mol. The molecule has 0 bridgehead atoms. The van der Waals surface area contributed by atoms with Gasteiger partial charge in [0, 0.05) is 6.04 Å². The average Bonchev–Trinajstić information content (AvgIpc) is 2.50. The lowest BCUT2D eigenvalue weighted by molar-refractivity contribution is -0.0199. The number of hydroxylamine groups is 1. The minimum Gasteiger partial charge on any atom is -0.496 e. The monoisotopic (exact) mass is 283 g/mol. The summed E-state index contributed by atoms with van der Waals surface area (Å²) in [5.41, 5.74) is 5.66. The van der Waals surface area contributed by atoms with E-state index in [-0.39, 0.29) is 0 Å². The largest absolute Gasteiger partial charge is 0.496 e. The standard InChI is InChI=1S/C18H21NO2/c1-20-18-10-6-5-9-17(18)15-11-16(12-15)19-21-13-14-7-3-2-4-8-14/h2-10,15-16,19H,11-13H2,1H3. The van der Waals surface area contributed by atoms with Crippen molar-refractivity contribution >= 4 is 0 Å². The summed E-state index contributed by atoms with van der Waals surface area (Å²) in [4.78, 5) is 5.58. The van der Waals surface area contributed by atoms with Crippen LogP contribution >= 0.6 is 0 Å². The maximum Gasteiger partial charge on any atom is 0.122 e. The molecule has 0 radical (unpaired) electrons. The zero-order valence-corrected chi connectivity index (χ0v) is 12.3. The fraction of sp³-hybridized carbons (Fsp3) is 0.333. The summed E-state index contributed by atoms with van der Waals surface area (Å²) in [5, 5.41) is 0. The number of nitrogens with one attached hydrogen (secondary N) is 1. The van der Waals surface area contributed by atoms with Gasteiger partial charge in [0.15, 0.2) is 0 Å². The van der Waals surface area contributed by atoms with Gasteiger partial charge in [0.2, 0.25) is 0 Å². The molecule has 0 unspecified atom stereocenters. The molecule has 0 saturated heterocycles. The van der Waals surface area contributed by atoms with Crippen LogP contribution in [0.15, 0.2) is 54.6 Å². The first kappa shape index (κ1) is 14.1. The fourth-order valence-electron chi connectivity index (χ4n) is 2.79. The number of methoxy groups -OCH3 is 1. The smallest absolute Gasteiger partial charge is 0.122 e. The number of benzene rings is 2. The topological polar surface area (TPSA) is 30.5 Å². The lowest BCUT2D eigenvalue weighted by Gasteiger charge is -2.36. The Bertz CT molecular complexity index is 564. The third-order valence-corrected chi connectivity index (χ3v) is 4.05. The molecule has 1 saturated carbocycles. The number of ether oxygens (including phenoxy) is 1. The molecule has 3 rings (SSSR count). The lowest BCUT2D eigenvalue weighted by atomic mass is 9.76. The first-order valence-corrected chi connectivity index (χ1v) is 7.41. The Hall–Kier alpha value is -1.84. The van der Waals surface area contributed by atoms with E-state index in [1.807, 2.05) is 30.3 Å². The number of hydrogen-bond acceptors (Lipinski definition) is 3. The van der Waals surface area contributed by atoms with Crippen LogP contribution < -0.4 is 10.2 Å². The molecule has 1 aliphatic carbocycles. The summed E-state index contributed by atoms with van der Waals surface area (Å²) < 4.78 is 5.42. The number of rotatable bonds is 6. The van der Waals surface area contributed by atoms with Crippen LogP contribution in [0.25, 0.3) is 0 Å². The Labute approximate surface area is 125 Å². The Morgan fingerprint density at radius 1 is 1.00 bits per heavy atom. The van der Waals surface area contributed by atoms with Crippen molar-refractivity contribution in [1.82, 2.24) is 5.48 Å². The fourth-order valence-corrected chi connectivity index (χ4v) is 2.79. The van der Waals surface area contributed by atoms with Crippen molar-refractivity contribution in [2.24, 2.45) is 0 Å². The van der Waals surface area contributed by atoms with E-state index in [0.29, 0.717) is 18.6 Å². The molecule has 1 aliphatic rings. The van der Waals surface area contributed by atoms with E-state index in [2.05, 4.69) is 29.7 Å². The molecular weight excluding hydrogens is 262 g/mol. The second kappa shape index (κ2) is 6.74. The van der Waals surface area contributed by atoms with Gasteiger partial charge in [-0.1, -0.05) is 48.5 Å². The van der Waals surface area contributed by atoms with Gasteiger partial charge in [-0.3, -0.25) is 4.84 Å². The second-order valence-electron chi connectivity index (χ2n) is 5.50. The summed E-state index contributed by atoms with van der Waals surface area (Å²) in [5.74, 6) is 1.56. The van der Waals surface area contributed by atoms with E-state index in [9.17, 15) is 0 Å². The van der Waals surface area contributed by atoms with Gasteiger partial charge in [-0.15, -0.1) is 0 Å². The number of para-hydroxylation sites is 1. The molecule has 0 spiro atoms. The molecule has 3 heteroatoms. The summed E-state index contributed by atoms with van der Waals surface area (Å²) in [6.45, 7) is 0.608. The van der Waals surface area contributed by atoms with E-state index < -0.39 is 0 Å². The lowest BCUT2D eigenvalue weighted by Crippen LogP contribution is -2.40. The van der Waals surface area contributed by atoms with Crippen LogP contribution in [0.1, 0.15) is 29.9 Å². The Balaban J connectivity index is 1.44. The van der Waals surface area contributed by atoms with Crippen LogP contribution in [-0.4, -0.2) is 13.2 Å². The quantitative estimate of drug-likeness (QED) is 0.821. The summed E-state index contributed by atoms with van der Waals surface area (Å²) >= 11 is 0. The molecule has 2 aromatic carbocycles. The minimum absolute atomic E-state index is 0.434. The van der Waals surface area contributed by atoms with E-state index in [1.165, 1.54) is 11.1 Å². The minimum atomic E-state index is 0.434. The van der Waals surface area contributed by atoms with Crippen molar-refractivity contribution in [3.8, 4) is 5.75 Å². The SMILES string of the molecule is COc1ccccc1C1CC(NOCc2ccccc2)C1. The van der Waals surface area contributed by atoms with E-state index in [1.54, 1.807) is 7.11 Å². The van der Waals surface area contributed by atoms with E-state index in [0.717, 1.165) is 18.6 Å². The molecule has 1 fully saturated rings. The van der Waals surface area contributed by atoms with Crippen molar-refractivity contribution < 1.29 is 9.57 Å². The normalized spacial score (nSPS) is 20.8. The van der Waals surface area contributed by atoms with Crippen LogP contribution in [0.4, 0.5) is 0 Å². The van der Waals surface area contributed by atoms with E-state index in [4.69, 9.17) is 9.57 Å². The first-order chi connectivity index (χ1) is 10.4.